The highest BCUT2D eigenvalue weighted by Gasteiger charge is 2.26. The van der Waals surface area contributed by atoms with Gasteiger partial charge in [0.1, 0.15) is 5.82 Å². The minimum absolute atomic E-state index is 0.0583. The second-order valence-corrected chi connectivity index (χ2v) is 7.65. The average molecular weight is 352 g/mol. The van der Waals surface area contributed by atoms with Crippen LogP contribution in [0.25, 0.3) is 6.08 Å². The highest BCUT2D eigenvalue weighted by Crippen LogP contribution is 2.24. The number of anilines is 1. The van der Waals surface area contributed by atoms with Gasteiger partial charge in [-0.2, -0.15) is 0 Å². The van der Waals surface area contributed by atoms with Gasteiger partial charge in [0, 0.05) is 61.8 Å². The first-order valence-corrected chi connectivity index (χ1v) is 8.55. The minimum atomic E-state index is -0.106. The number of hydrogen-bond acceptors (Lipinski definition) is 6. The predicted octanol–water partition coefficient (Wildman–Crippen LogP) is 2.19. The van der Waals surface area contributed by atoms with E-state index in [9.17, 15) is 4.79 Å². The third kappa shape index (κ3) is 3.87. The van der Waals surface area contributed by atoms with E-state index in [4.69, 9.17) is 0 Å². The molecule has 1 amide bonds. The standard InChI is InChI=1S/C19H24N6O/c1-19(2,3)17-20-10-14-11-25(12-15(14)23-17)16(26)7-6-13-8-21-18(22-9-13)24(4)5/h6-10H,11-12H2,1-5H3. The van der Waals surface area contributed by atoms with Gasteiger partial charge in [0.15, 0.2) is 0 Å². The Morgan fingerprint density at radius 2 is 1.81 bits per heavy atom. The smallest absolute Gasteiger partial charge is 0.247 e. The SMILES string of the molecule is CN(C)c1ncc(C=CC(=O)N2Cc3cnc(C(C)(C)C)nc3C2)cn1. The summed E-state index contributed by atoms with van der Waals surface area (Å²) < 4.78 is 0. The fraction of sp³-hybridized carbons (Fsp3) is 0.421. The van der Waals surface area contributed by atoms with Crippen molar-refractivity contribution in [1.29, 1.82) is 0 Å². The maximum atomic E-state index is 12.5. The van der Waals surface area contributed by atoms with Crippen molar-refractivity contribution in [3.8, 4) is 0 Å². The van der Waals surface area contributed by atoms with Gasteiger partial charge in [0.25, 0.3) is 0 Å². The number of fused-ring (bicyclic) bond motifs is 1. The van der Waals surface area contributed by atoms with Gasteiger partial charge in [-0.05, 0) is 6.08 Å². The molecule has 0 radical (unpaired) electrons. The Morgan fingerprint density at radius 1 is 1.12 bits per heavy atom. The van der Waals surface area contributed by atoms with E-state index in [1.54, 1.807) is 29.4 Å². The monoisotopic (exact) mass is 352 g/mol. The molecular weight excluding hydrogens is 328 g/mol. The van der Waals surface area contributed by atoms with Crippen LogP contribution in [0.3, 0.4) is 0 Å². The molecule has 3 rings (SSSR count). The van der Waals surface area contributed by atoms with Crippen LogP contribution in [-0.4, -0.2) is 44.8 Å². The van der Waals surface area contributed by atoms with Crippen molar-refractivity contribution in [3.05, 3.63) is 47.3 Å². The Labute approximate surface area is 153 Å². The molecule has 0 saturated carbocycles. The molecule has 2 aromatic rings. The summed E-state index contributed by atoms with van der Waals surface area (Å²) in [6.07, 6.45) is 8.53. The van der Waals surface area contributed by atoms with E-state index in [2.05, 4.69) is 40.7 Å². The van der Waals surface area contributed by atoms with Gasteiger partial charge in [0.2, 0.25) is 11.9 Å². The van der Waals surface area contributed by atoms with Crippen LogP contribution in [0.4, 0.5) is 5.95 Å². The molecule has 136 valence electrons. The zero-order chi connectivity index (χ0) is 18.9. The van der Waals surface area contributed by atoms with Crippen molar-refractivity contribution in [1.82, 2.24) is 24.8 Å². The first kappa shape index (κ1) is 18.0. The molecular formula is C19H24N6O. The molecule has 1 aliphatic heterocycles. The molecule has 0 aromatic carbocycles. The highest BCUT2D eigenvalue weighted by atomic mass is 16.2. The van der Waals surface area contributed by atoms with E-state index in [-0.39, 0.29) is 11.3 Å². The van der Waals surface area contributed by atoms with Crippen LogP contribution in [-0.2, 0) is 23.3 Å². The summed E-state index contributed by atoms with van der Waals surface area (Å²) in [5, 5.41) is 0. The van der Waals surface area contributed by atoms with Gasteiger partial charge in [-0.25, -0.2) is 19.9 Å². The third-order valence-corrected chi connectivity index (χ3v) is 4.12. The summed E-state index contributed by atoms with van der Waals surface area (Å²) in [7, 11) is 3.76. The molecule has 26 heavy (non-hydrogen) atoms. The Morgan fingerprint density at radius 3 is 2.42 bits per heavy atom. The third-order valence-electron chi connectivity index (χ3n) is 4.12. The van der Waals surface area contributed by atoms with Crippen LogP contribution < -0.4 is 4.90 Å². The van der Waals surface area contributed by atoms with Crippen molar-refractivity contribution < 1.29 is 4.79 Å². The van der Waals surface area contributed by atoms with E-state index >= 15 is 0 Å². The molecule has 3 heterocycles. The average Bonchev–Trinajstić information content (AvgIpc) is 3.02. The van der Waals surface area contributed by atoms with Gasteiger partial charge < -0.3 is 9.80 Å². The number of carbonyl (C=O) groups excluding carboxylic acids is 1. The summed E-state index contributed by atoms with van der Waals surface area (Å²) in [4.78, 5) is 33.6. The van der Waals surface area contributed by atoms with Crippen molar-refractivity contribution in [3.63, 3.8) is 0 Å². The van der Waals surface area contributed by atoms with Crippen molar-refractivity contribution in [2.45, 2.75) is 39.3 Å². The molecule has 1 aliphatic rings. The number of carbonyl (C=O) groups is 1. The number of hydrogen-bond donors (Lipinski definition) is 0. The van der Waals surface area contributed by atoms with Gasteiger partial charge in [-0.1, -0.05) is 20.8 Å². The fourth-order valence-corrected chi connectivity index (χ4v) is 2.59. The largest absolute Gasteiger partial charge is 0.347 e. The summed E-state index contributed by atoms with van der Waals surface area (Å²) >= 11 is 0. The van der Waals surface area contributed by atoms with Gasteiger partial charge in [0.05, 0.1) is 12.2 Å². The zero-order valence-corrected chi connectivity index (χ0v) is 15.9. The zero-order valence-electron chi connectivity index (χ0n) is 15.9. The van der Waals surface area contributed by atoms with E-state index < -0.39 is 0 Å². The van der Waals surface area contributed by atoms with Crippen LogP contribution in [0.1, 0.15) is 43.4 Å². The topological polar surface area (TPSA) is 75.1 Å². The van der Waals surface area contributed by atoms with Crippen LogP contribution >= 0.6 is 0 Å². The Bertz CT molecular complexity index is 836. The van der Waals surface area contributed by atoms with Gasteiger partial charge in [-0.3, -0.25) is 4.79 Å². The van der Waals surface area contributed by atoms with Gasteiger partial charge >= 0.3 is 0 Å². The molecule has 0 fully saturated rings. The van der Waals surface area contributed by atoms with E-state index in [1.165, 1.54) is 0 Å². The molecule has 0 unspecified atom stereocenters. The first-order chi connectivity index (χ1) is 12.2. The summed E-state index contributed by atoms with van der Waals surface area (Å²) in [6.45, 7) is 7.30. The fourth-order valence-electron chi connectivity index (χ4n) is 2.59. The van der Waals surface area contributed by atoms with Crippen LogP contribution in [0.2, 0.25) is 0 Å². The normalized spacial score (nSPS) is 14.0. The lowest BCUT2D eigenvalue weighted by molar-refractivity contribution is -0.126. The molecule has 0 spiro atoms. The van der Waals surface area contributed by atoms with E-state index in [0.29, 0.717) is 19.0 Å². The highest BCUT2D eigenvalue weighted by molar-refractivity contribution is 5.92. The molecule has 7 heteroatoms. The maximum absolute atomic E-state index is 12.5. The lowest BCUT2D eigenvalue weighted by Gasteiger charge is -2.16. The molecule has 7 nitrogen and oxygen atoms in total. The lowest BCUT2D eigenvalue weighted by Crippen LogP contribution is -2.23. The lowest BCUT2D eigenvalue weighted by atomic mass is 9.95. The van der Waals surface area contributed by atoms with Crippen molar-refractivity contribution in [2.75, 3.05) is 19.0 Å². The summed E-state index contributed by atoms with van der Waals surface area (Å²) in [5.41, 5.74) is 2.63. The van der Waals surface area contributed by atoms with Crippen molar-refractivity contribution in [2.24, 2.45) is 0 Å². The molecule has 0 bridgehead atoms. The summed E-state index contributed by atoms with van der Waals surface area (Å²) in [6, 6.07) is 0. The molecule has 0 saturated heterocycles. The van der Waals surface area contributed by atoms with E-state index in [0.717, 1.165) is 22.6 Å². The second-order valence-electron chi connectivity index (χ2n) is 7.65. The maximum Gasteiger partial charge on any atom is 0.247 e. The Balaban J connectivity index is 1.67. The van der Waals surface area contributed by atoms with Crippen LogP contribution in [0.5, 0.6) is 0 Å². The Hall–Kier alpha value is -2.83. The summed E-state index contributed by atoms with van der Waals surface area (Å²) in [5.74, 6) is 1.38. The first-order valence-electron chi connectivity index (χ1n) is 8.55. The molecule has 2 aromatic heterocycles. The number of rotatable bonds is 3. The van der Waals surface area contributed by atoms with Crippen molar-refractivity contribution >= 4 is 17.9 Å². The quantitative estimate of drug-likeness (QED) is 0.788. The van der Waals surface area contributed by atoms with Crippen LogP contribution in [0.15, 0.2) is 24.7 Å². The number of nitrogens with zero attached hydrogens (tertiary/aromatic N) is 6. The minimum Gasteiger partial charge on any atom is -0.347 e. The second kappa shape index (κ2) is 6.82. The molecule has 0 N–H and O–H groups in total. The Kier molecular flexibility index (Phi) is 4.71. The molecule has 0 aliphatic carbocycles. The number of amides is 1. The predicted molar refractivity (Wildman–Crippen MR) is 100 cm³/mol. The van der Waals surface area contributed by atoms with E-state index in [1.807, 2.05) is 25.2 Å². The number of aromatic nitrogens is 4. The van der Waals surface area contributed by atoms with Crippen LogP contribution in [0, 0.1) is 0 Å². The van der Waals surface area contributed by atoms with Gasteiger partial charge in [-0.15, -0.1) is 0 Å². The molecule has 0 atom stereocenters.